The minimum absolute atomic E-state index is 0.0182. The SMILES string of the molecule is Cc1cccc(C2(c3cccc(C)c3)CC2C(=O)N/N=C/c2cccc([N+](=O)[O-])c2)c1. The first kappa shape index (κ1) is 20.5. The molecule has 1 aliphatic rings. The van der Waals surface area contributed by atoms with Gasteiger partial charge >= 0.3 is 0 Å². The molecular weight excluding hydrogens is 390 g/mol. The van der Waals surface area contributed by atoms with Gasteiger partial charge in [-0.2, -0.15) is 5.10 Å². The Kier molecular flexibility index (Phi) is 5.38. The Labute approximate surface area is 180 Å². The van der Waals surface area contributed by atoms with Crippen LogP contribution in [-0.2, 0) is 10.2 Å². The van der Waals surface area contributed by atoms with E-state index in [1.807, 2.05) is 38.1 Å². The molecule has 0 aliphatic heterocycles. The number of carbonyl (C=O) groups excluding carboxylic acids is 1. The number of carbonyl (C=O) groups is 1. The fourth-order valence-corrected chi connectivity index (χ4v) is 4.20. The van der Waals surface area contributed by atoms with Gasteiger partial charge in [0.25, 0.3) is 5.69 Å². The molecule has 1 saturated carbocycles. The quantitative estimate of drug-likeness (QED) is 0.362. The number of amides is 1. The summed E-state index contributed by atoms with van der Waals surface area (Å²) in [5.41, 5.74) is 7.34. The third kappa shape index (κ3) is 4.10. The van der Waals surface area contributed by atoms with E-state index in [4.69, 9.17) is 0 Å². The Morgan fingerprint density at radius 2 is 1.65 bits per heavy atom. The highest BCUT2D eigenvalue weighted by Gasteiger charge is 2.60. The predicted molar refractivity (Wildman–Crippen MR) is 120 cm³/mol. The van der Waals surface area contributed by atoms with Gasteiger partial charge in [-0.05, 0) is 31.4 Å². The van der Waals surface area contributed by atoms with Gasteiger partial charge in [0.2, 0.25) is 5.91 Å². The largest absolute Gasteiger partial charge is 0.273 e. The maximum atomic E-state index is 13.0. The summed E-state index contributed by atoms with van der Waals surface area (Å²) < 4.78 is 0. The Balaban J connectivity index is 1.57. The van der Waals surface area contributed by atoms with Crippen molar-refractivity contribution in [3.63, 3.8) is 0 Å². The van der Waals surface area contributed by atoms with Crippen molar-refractivity contribution in [3.8, 4) is 0 Å². The zero-order valence-corrected chi connectivity index (χ0v) is 17.4. The highest BCUT2D eigenvalue weighted by Crippen LogP contribution is 2.59. The molecule has 0 saturated heterocycles. The van der Waals surface area contributed by atoms with Crippen LogP contribution < -0.4 is 5.43 Å². The van der Waals surface area contributed by atoms with Crippen molar-refractivity contribution in [1.82, 2.24) is 5.43 Å². The number of benzene rings is 3. The number of hydrogen-bond donors (Lipinski definition) is 1. The van der Waals surface area contributed by atoms with Crippen LogP contribution in [0.15, 0.2) is 77.9 Å². The van der Waals surface area contributed by atoms with E-state index in [1.54, 1.807) is 12.1 Å². The molecule has 1 aliphatic carbocycles. The van der Waals surface area contributed by atoms with Crippen molar-refractivity contribution < 1.29 is 9.72 Å². The molecule has 0 heterocycles. The summed E-state index contributed by atoms with van der Waals surface area (Å²) >= 11 is 0. The number of hydrazone groups is 1. The second-order valence-electron chi connectivity index (χ2n) is 8.05. The molecule has 3 aromatic carbocycles. The molecule has 1 fully saturated rings. The van der Waals surface area contributed by atoms with E-state index >= 15 is 0 Å². The summed E-state index contributed by atoms with van der Waals surface area (Å²) in [6, 6.07) is 22.7. The van der Waals surface area contributed by atoms with Gasteiger partial charge in [-0.3, -0.25) is 14.9 Å². The van der Waals surface area contributed by atoms with E-state index in [2.05, 4.69) is 34.8 Å². The molecule has 0 radical (unpaired) electrons. The molecule has 3 aromatic rings. The molecule has 31 heavy (non-hydrogen) atoms. The average molecular weight is 413 g/mol. The fraction of sp³-hybridized carbons (Fsp3) is 0.200. The second-order valence-corrected chi connectivity index (χ2v) is 8.05. The van der Waals surface area contributed by atoms with E-state index in [-0.39, 0.29) is 22.9 Å². The topological polar surface area (TPSA) is 84.6 Å². The highest BCUT2D eigenvalue weighted by atomic mass is 16.6. The lowest BCUT2D eigenvalue weighted by molar-refractivity contribution is -0.384. The van der Waals surface area contributed by atoms with Crippen LogP contribution in [0.5, 0.6) is 0 Å². The molecule has 0 aromatic heterocycles. The molecule has 0 spiro atoms. The number of rotatable bonds is 6. The monoisotopic (exact) mass is 413 g/mol. The van der Waals surface area contributed by atoms with Crippen molar-refractivity contribution in [1.29, 1.82) is 0 Å². The van der Waals surface area contributed by atoms with Crippen LogP contribution in [0.25, 0.3) is 0 Å². The first-order chi connectivity index (χ1) is 14.9. The lowest BCUT2D eigenvalue weighted by Gasteiger charge is -2.19. The molecule has 156 valence electrons. The Morgan fingerprint density at radius 3 is 2.23 bits per heavy atom. The minimum atomic E-state index is -0.460. The van der Waals surface area contributed by atoms with Crippen LogP contribution >= 0.6 is 0 Å². The number of nitro groups is 1. The zero-order valence-electron chi connectivity index (χ0n) is 17.4. The summed E-state index contributed by atoms with van der Waals surface area (Å²) in [5, 5.41) is 15.0. The lowest BCUT2D eigenvalue weighted by Crippen LogP contribution is -2.25. The van der Waals surface area contributed by atoms with Gasteiger partial charge in [0, 0.05) is 23.1 Å². The minimum Gasteiger partial charge on any atom is -0.273 e. The van der Waals surface area contributed by atoms with Gasteiger partial charge in [-0.15, -0.1) is 0 Å². The van der Waals surface area contributed by atoms with Crippen molar-refractivity contribution in [2.45, 2.75) is 25.7 Å². The summed E-state index contributed by atoms with van der Waals surface area (Å²) in [4.78, 5) is 23.4. The predicted octanol–water partition coefficient (Wildman–Crippen LogP) is 4.67. The van der Waals surface area contributed by atoms with E-state index in [1.165, 1.54) is 18.3 Å². The van der Waals surface area contributed by atoms with E-state index in [9.17, 15) is 14.9 Å². The Bertz CT molecular complexity index is 1140. The van der Waals surface area contributed by atoms with E-state index in [0.29, 0.717) is 12.0 Å². The van der Waals surface area contributed by atoms with Crippen molar-refractivity contribution >= 4 is 17.8 Å². The molecule has 6 heteroatoms. The van der Waals surface area contributed by atoms with Gasteiger partial charge in [0.1, 0.15) is 0 Å². The maximum absolute atomic E-state index is 13.0. The Hall–Kier alpha value is -3.80. The van der Waals surface area contributed by atoms with Crippen LogP contribution in [0.4, 0.5) is 5.69 Å². The Morgan fingerprint density at radius 1 is 1.03 bits per heavy atom. The number of nitro benzene ring substituents is 1. The van der Waals surface area contributed by atoms with E-state index in [0.717, 1.165) is 22.3 Å². The number of hydrogen-bond acceptors (Lipinski definition) is 4. The maximum Gasteiger partial charge on any atom is 0.270 e. The first-order valence-electron chi connectivity index (χ1n) is 10.1. The number of aryl methyl sites for hydroxylation is 2. The molecule has 1 N–H and O–H groups in total. The van der Waals surface area contributed by atoms with Crippen LogP contribution in [0.1, 0.15) is 34.2 Å². The summed E-state index contributed by atoms with van der Waals surface area (Å²) in [5.74, 6) is -0.400. The van der Waals surface area contributed by atoms with Crippen LogP contribution in [-0.4, -0.2) is 17.0 Å². The molecule has 6 nitrogen and oxygen atoms in total. The molecule has 1 atom stereocenters. The van der Waals surface area contributed by atoms with Gasteiger partial charge in [-0.25, -0.2) is 5.43 Å². The third-order valence-corrected chi connectivity index (χ3v) is 5.81. The van der Waals surface area contributed by atoms with Crippen molar-refractivity contribution in [2.24, 2.45) is 11.0 Å². The molecule has 1 unspecified atom stereocenters. The smallest absolute Gasteiger partial charge is 0.270 e. The molecule has 1 amide bonds. The second kappa shape index (κ2) is 8.14. The molecule has 0 bridgehead atoms. The average Bonchev–Trinajstić information content (AvgIpc) is 3.51. The highest BCUT2D eigenvalue weighted by molar-refractivity contribution is 5.88. The normalized spacial score (nSPS) is 16.8. The lowest BCUT2D eigenvalue weighted by atomic mass is 9.84. The van der Waals surface area contributed by atoms with Crippen molar-refractivity contribution in [2.75, 3.05) is 0 Å². The third-order valence-electron chi connectivity index (χ3n) is 5.81. The first-order valence-corrected chi connectivity index (χ1v) is 10.1. The number of nitrogens with zero attached hydrogens (tertiary/aromatic N) is 2. The summed E-state index contributed by atoms with van der Waals surface area (Å²) in [6.07, 6.45) is 2.13. The standard InChI is InChI=1S/C25H23N3O3/c1-17-6-3-9-20(12-17)25(21-10-4-7-18(2)13-21)15-23(25)24(29)27-26-16-19-8-5-11-22(14-19)28(30)31/h3-14,16,23H,15H2,1-2H3,(H,27,29)/b26-16+. The van der Waals surface area contributed by atoms with Gasteiger partial charge in [0.15, 0.2) is 0 Å². The van der Waals surface area contributed by atoms with Crippen molar-refractivity contribution in [3.05, 3.63) is 111 Å². The van der Waals surface area contributed by atoms with Gasteiger partial charge in [-0.1, -0.05) is 71.8 Å². The van der Waals surface area contributed by atoms with Crippen LogP contribution in [0, 0.1) is 29.9 Å². The summed E-state index contributed by atoms with van der Waals surface area (Å²) in [6.45, 7) is 4.10. The van der Waals surface area contributed by atoms with E-state index < -0.39 is 4.92 Å². The van der Waals surface area contributed by atoms with Gasteiger partial charge in [0.05, 0.1) is 17.1 Å². The van der Waals surface area contributed by atoms with Gasteiger partial charge < -0.3 is 0 Å². The number of nitrogens with one attached hydrogen (secondary N) is 1. The molecular formula is C25H23N3O3. The van der Waals surface area contributed by atoms with Crippen LogP contribution in [0.3, 0.4) is 0 Å². The summed E-state index contributed by atoms with van der Waals surface area (Å²) in [7, 11) is 0. The van der Waals surface area contributed by atoms with Crippen LogP contribution in [0.2, 0.25) is 0 Å². The molecule has 4 rings (SSSR count). The fourth-order valence-electron chi connectivity index (χ4n) is 4.20. The zero-order chi connectivity index (χ0) is 22.0. The number of non-ortho nitro benzene ring substituents is 1.